The molecule has 12 nitrogen and oxygen atoms in total. The van der Waals surface area contributed by atoms with Crippen LogP contribution < -0.4 is 21.4 Å². The number of hydrogen-bond donors (Lipinski definition) is 4. The number of carboxylic acids is 1. The van der Waals surface area contributed by atoms with Crippen molar-refractivity contribution in [3.8, 4) is 0 Å². The Hall–Kier alpha value is -3.70. The van der Waals surface area contributed by atoms with Crippen molar-refractivity contribution in [2.24, 2.45) is 10.7 Å². The van der Waals surface area contributed by atoms with Gasteiger partial charge in [-0.2, -0.15) is 0 Å². The van der Waals surface area contributed by atoms with E-state index < -0.39 is 41.0 Å². The van der Waals surface area contributed by atoms with Crippen LogP contribution in [0.2, 0.25) is 0 Å². The molecule has 138 valence electrons. The van der Waals surface area contributed by atoms with Gasteiger partial charge in [-0.1, -0.05) is 18.4 Å². The number of nitrogens with zero attached hydrogens (tertiary/aromatic N) is 3. The van der Waals surface area contributed by atoms with Crippen molar-refractivity contribution in [2.45, 2.75) is 25.4 Å². The molecule has 1 fully saturated rings. The van der Waals surface area contributed by atoms with Crippen molar-refractivity contribution in [3.05, 3.63) is 39.9 Å². The van der Waals surface area contributed by atoms with E-state index in [9.17, 15) is 24.5 Å². The number of imide groups is 1. The quantitative estimate of drug-likeness (QED) is 0.174. The van der Waals surface area contributed by atoms with E-state index in [2.05, 4.69) is 10.3 Å². The minimum atomic E-state index is -1.20. The molecule has 0 saturated carbocycles. The van der Waals surface area contributed by atoms with Crippen molar-refractivity contribution in [3.63, 3.8) is 0 Å². The Morgan fingerprint density at radius 3 is 2.81 bits per heavy atom. The van der Waals surface area contributed by atoms with Crippen molar-refractivity contribution in [1.82, 2.24) is 10.7 Å². The van der Waals surface area contributed by atoms with Crippen LogP contribution in [0.25, 0.3) is 0 Å². The van der Waals surface area contributed by atoms with Crippen LogP contribution in [0.15, 0.2) is 29.3 Å². The molecule has 5 N–H and O–H groups in total. The average molecular weight is 364 g/mol. The van der Waals surface area contributed by atoms with E-state index in [4.69, 9.17) is 10.8 Å². The van der Waals surface area contributed by atoms with Gasteiger partial charge < -0.3 is 16.2 Å². The highest BCUT2D eigenvalue weighted by Crippen LogP contribution is 2.23. The lowest BCUT2D eigenvalue weighted by atomic mass is 10.1. The molecule has 1 aromatic carbocycles. The van der Waals surface area contributed by atoms with Gasteiger partial charge in [0, 0.05) is 0 Å². The monoisotopic (exact) mass is 364 g/mol. The predicted molar refractivity (Wildman–Crippen MR) is 89.0 cm³/mol. The number of aliphatic imine (C=N–C) groups is 1. The van der Waals surface area contributed by atoms with E-state index in [0.717, 1.165) is 4.90 Å². The topological polar surface area (TPSA) is 180 Å². The zero-order valence-electron chi connectivity index (χ0n) is 13.6. The summed E-state index contributed by atoms with van der Waals surface area (Å²) in [5, 5.41) is 21.0. The summed E-state index contributed by atoms with van der Waals surface area (Å²) >= 11 is 0. The molecule has 1 heterocycles. The lowest BCUT2D eigenvalue weighted by Crippen LogP contribution is -2.43. The third kappa shape index (κ3) is 3.85. The maximum Gasteiger partial charge on any atom is 0.335 e. The van der Waals surface area contributed by atoms with E-state index in [1.165, 1.54) is 24.3 Å². The van der Waals surface area contributed by atoms with Crippen LogP contribution in [-0.2, 0) is 4.79 Å². The van der Waals surface area contributed by atoms with Crippen molar-refractivity contribution >= 4 is 29.6 Å². The highest BCUT2D eigenvalue weighted by Gasteiger charge is 2.43. The molecule has 0 radical (unpaired) electrons. The fraction of sp³-hybridized carbons (Fsp3) is 0.286. The van der Waals surface area contributed by atoms with Gasteiger partial charge >= 0.3 is 12.0 Å². The molecule has 0 aromatic heterocycles. The number of nitro groups is 1. The third-order valence-electron chi connectivity index (χ3n) is 3.63. The lowest BCUT2D eigenvalue weighted by molar-refractivity contribution is -0.525. The Morgan fingerprint density at radius 1 is 1.54 bits per heavy atom. The number of hydrazine groups is 1. The SMILES string of the molecule is CC[C@H](N=C(N)N[N+](=O)[O-])C1NC(=O)N(c2cccc(C(=O)O)c2)C1=O. The van der Waals surface area contributed by atoms with Crippen LogP contribution in [0.5, 0.6) is 0 Å². The molecule has 1 saturated heterocycles. The molecule has 2 atom stereocenters. The minimum Gasteiger partial charge on any atom is -0.478 e. The number of rotatable bonds is 6. The zero-order valence-corrected chi connectivity index (χ0v) is 13.6. The van der Waals surface area contributed by atoms with Gasteiger partial charge in [0.05, 0.1) is 17.3 Å². The van der Waals surface area contributed by atoms with Gasteiger partial charge in [0.1, 0.15) is 6.04 Å². The molecule has 0 bridgehead atoms. The maximum absolute atomic E-state index is 12.6. The summed E-state index contributed by atoms with van der Waals surface area (Å²) in [6.45, 7) is 1.67. The second-order valence-electron chi connectivity index (χ2n) is 5.32. The van der Waals surface area contributed by atoms with Gasteiger partial charge in [-0.05, 0) is 24.6 Å². The smallest absolute Gasteiger partial charge is 0.335 e. The number of benzene rings is 1. The van der Waals surface area contributed by atoms with Crippen LogP contribution in [0.1, 0.15) is 23.7 Å². The summed E-state index contributed by atoms with van der Waals surface area (Å²) in [7, 11) is 0. The van der Waals surface area contributed by atoms with Gasteiger partial charge in [0.25, 0.3) is 11.9 Å². The molecule has 0 aliphatic carbocycles. The number of guanidine groups is 1. The summed E-state index contributed by atoms with van der Waals surface area (Å²) in [5.41, 5.74) is 7.06. The van der Waals surface area contributed by atoms with E-state index in [1.807, 2.05) is 0 Å². The van der Waals surface area contributed by atoms with Crippen LogP contribution in [0.4, 0.5) is 10.5 Å². The molecule has 0 spiro atoms. The number of carbonyl (C=O) groups excluding carboxylic acids is 2. The minimum absolute atomic E-state index is 0.0870. The molecule has 3 amide bonds. The maximum atomic E-state index is 12.6. The number of carboxylic acid groups (broad SMARTS) is 1. The van der Waals surface area contributed by atoms with Crippen LogP contribution in [0, 0.1) is 10.1 Å². The first-order valence-corrected chi connectivity index (χ1v) is 7.46. The first-order chi connectivity index (χ1) is 12.2. The first kappa shape index (κ1) is 18.6. The summed E-state index contributed by atoms with van der Waals surface area (Å²) in [6, 6.07) is 2.65. The average Bonchev–Trinajstić information content (AvgIpc) is 2.86. The van der Waals surface area contributed by atoms with Crippen molar-refractivity contribution in [2.75, 3.05) is 4.90 Å². The van der Waals surface area contributed by atoms with Crippen LogP contribution in [-0.4, -0.2) is 46.1 Å². The summed E-state index contributed by atoms with van der Waals surface area (Å²) < 4.78 is 0. The number of nitrogens with two attached hydrogens (primary N) is 1. The Labute approximate surface area is 146 Å². The van der Waals surface area contributed by atoms with Crippen LogP contribution >= 0.6 is 0 Å². The fourth-order valence-corrected chi connectivity index (χ4v) is 2.48. The van der Waals surface area contributed by atoms with E-state index >= 15 is 0 Å². The summed E-state index contributed by atoms with van der Waals surface area (Å²) in [5.74, 6) is -2.37. The predicted octanol–water partition coefficient (Wildman–Crippen LogP) is -0.316. The van der Waals surface area contributed by atoms with Gasteiger partial charge in [0.2, 0.25) is 0 Å². The molecule has 1 aliphatic rings. The summed E-state index contributed by atoms with van der Waals surface area (Å²) in [6.07, 6.45) is 0.264. The second kappa shape index (κ2) is 7.46. The highest BCUT2D eigenvalue weighted by atomic mass is 16.7. The lowest BCUT2D eigenvalue weighted by Gasteiger charge is -2.17. The Bertz CT molecular complexity index is 794. The molecular weight excluding hydrogens is 348 g/mol. The molecule has 1 unspecified atom stereocenters. The molecule has 2 rings (SSSR count). The van der Waals surface area contributed by atoms with E-state index in [1.54, 1.807) is 12.3 Å². The number of hydrogen-bond acceptors (Lipinski definition) is 6. The molecule has 26 heavy (non-hydrogen) atoms. The van der Waals surface area contributed by atoms with Crippen LogP contribution in [0.3, 0.4) is 0 Å². The third-order valence-corrected chi connectivity index (χ3v) is 3.63. The van der Waals surface area contributed by atoms with E-state index in [0.29, 0.717) is 0 Å². The summed E-state index contributed by atoms with van der Waals surface area (Å²) in [4.78, 5) is 50.9. The number of anilines is 1. The molecule has 1 aromatic rings. The Balaban J connectivity index is 2.28. The number of urea groups is 1. The molecule has 1 aliphatic heterocycles. The normalized spacial score (nSPS) is 18.4. The van der Waals surface area contributed by atoms with Gasteiger partial charge in [-0.25, -0.2) is 29.6 Å². The Kier molecular flexibility index (Phi) is 5.35. The Morgan fingerprint density at radius 2 is 2.23 bits per heavy atom. The largest absolute Gasteiger partial charge is 0.478 e. The van der Waals surface area contributed by atoms with E-state index in [-0.39, 0.29) is 17.7 Å². The van der Waals surface area contributed by atoms with Crippen molar-refractivity contribution in [1.29, 1.82) is 0 Å². The fourth-order valence-electron chi connectivity index (χ4n) is 2.48. The second-order valence-corrected chi connectivity index (χ2v) is 5.32. The number of aromatic carboxylic acids is 1. The van der Waals surface area contributed by atoms with Gasteiger partial charge in [-0.15, -0.1) is 0 Å². The first-order valence-electron chi connectivity index (χ1n) is 7.46. The highest BCUT2D eigenvalue weighted by molar-refractivity contribution is 6.22. The zero-order chi connectivity index (χ0) is 19.4. The van der Waals surface area contributed by atoms with Gasteiger partial charge in [0.15, 0.2) is 5.03 Å². The van der Waals surface area contributed by atoms with Crippen molar-refractivity contribution < 1.29 is 24.5 Å². The number of amides is 3. The number of nitrogens with one attached hydrogen (secondary N) is 2. The standard InChI is InChI=1S/C14H16N6O6/c1-2-9(16-13(15)18-20(25)26)10-11(21)19(14(24)17-10)8-5-3-4-7(6-8)12(22)23/h3-6,9-10H,2H2,1H3,(H,17,24)(H,22,23)(H3,15,16,18)/t9-,10?/m0/s1. The molecular formula is C14H16N6O6. The molecule has 12 heteroatoms. The number of carbonyl (C=O) groups is 3. The van der Waals surface area contributed by atoms with Gasteiger partial charge in [-0.3, -0.25) is 4.79 Å².